The Hall–Kier alpha value is -1.88. The molecule has 0 heterocycles. The van der Waals surface area contributed by atoms with Gasteiger partial charge < -0.3 is 5.11 Å². The van der Waals surface area contributed by atoms with Crippen molar-refractivity contribution in [2.75, 3.05) is 7.11 Å². The molecule has 0 atom stereocenters. The van der Waals surface area contributed by atoms with Gasteiger partial charge in [-0.25, -0.2) is 9.59 Å². The largest absolute Gasteiger partial charge is 0.478 e. The molecule has 1 aromatic carbocycles. The maximum Gasteiger partial charge on any atom is 0.373 e. The summed E-state index contributed by atoms with van der Waals surface area (Å²) in [7, 11) is 1.20. The van der Waals surface area contributed by atoms with Crippen molar-refractivity contribution in [3.05, 3.63) is 34.9 Å². The highest BCUT2D eigenvalue weighted by atomic mass is 17.2. The van der Waals surface area contributed by atoms with Crippen molar-refractivity contribution >= 4 is 11.9 Å². The first-order valence-corrected chi connectivity index (χ1v) is 4.15. The van der Waals surface area contributed by atoms with E-state index in [1.807, 2.05) is 0 Å². The first kappa shape index (κ1) is 11.2. The van der Waals surface area contributed by atoms with E-state index in [-0.39, 0.29) is 11.1 Å². The number of benzene rings is 1. The molecule has 0 unspecified atom stereocenters. The summed E-state index contributed by atoms with van der Waals surface area (Å²) < 4.78 is 0. The molecule has 15 heavy (non-hydrogen) atoms. The van der Waals surface area contributed by atoms with E-state index in [1.54, 1.807) is 0 Å². The van der Waals surface area contributed by atoms with Crippen molar-refractivity contribution < 1.29 is 24.5 Å². The fourth-order valence-electron chi connectivity index (χ4n) is 1.21. The topological polar surface area (TPSA) is 72.8 Å². The molecule has 80 valence electrons. The summed E-state index contributed by atoms with van der Waals surface area (Å²) in [5.41, 5.74) is 0.601. The van der Waals surface area contributed by atoms with Gasteiger partial charge in [0.25, 0.3) is 0 Å². The van der Waals surface area contributed by atoms with Gasteiger partial charge in [-0.2, -0.15) is 4.89 Å². The van der Waals surface area contributed by atoms with E-state index >= 15 is 0 Å². The van der Waals surface area contributed by atoms with Crippen LogP contribution in [0.5, 0.6) is 0 Å². The summed E-state index contributed by atoms with van der Waals surface area (Å²) >= 11 is 0. The average Bonchev–Trinajstić information content (AvgIpc) is 2.17. The molecule has 0 aliphatic heterocycles. The van der Waals surface area contributed by atoms with Crippen molar-refractivity contribution in [1.29, 1.82) is 0 Å². The molecule has 1 rings (SSSR count). The van der Waals surface area contributed by atoms with Gasteiger partial charge in [0.15, 0.2) is 0 Å². The number of carbonyl (C=O) groups excluding carboxylic acids is 1. The van der Waals surface area contributed by atoms with Crippen LogP contribution in [-0.2, 0) is 9.78 Å². The number of hydrogen-bond donors (Lipinski definition) is 1. The van der Waals surface area contributed by atoms with E-state index in [9.17, 15) is 9.59 Å². The van der Waals surface area contributed by atoms with Crippen molar-refractivity contribution in [2.24, 2.45) is 0 Å². The molecule has 0 fully saturated rings. The van der Waals surface area contributed by atoms with Crippen LogP contribution < -0.4 is 0 Å². The standard InChI is InChI=1S/C10H10O5/c1-6-7(9(11)12)4-3-5-8(6)10(13)15-14-2/h3-5H,1-2H3,(H,11,12). The lowest BCUT2D eigenvalue weighted by Gasteiger charge is -2.06. The zero-order chi connectivity index (χ0) is 11.4. The molecule has 5 nitrogen and oxygen atoms in total. The minimum Gasteiger partial charge on any atom is -0.478 e. The number of carboxylic acid groups (broad SMARTS) is 1. The maximum absolute atomic E-state index is 11.3. The molecule has 1 aromatic rings. The van der Waals surface area contributed by atoms with Gasteiger partial charge in [-0.1, -0.05) is 6.07 Å². The first-order valence-electron chi connectivity index (χ1n) is 4.15. The van der Waals surface area contributed by atoms with Crippen LogP contribution in [0.15, 0.2) is 18.2 Å². The van der Waals surface area contributed by atoms with E-state index in [0.29, 0.717) is 5.56 Å². The highest BCUT2D eigenvalue weighted by Crippen LogP contribution is 2.14. The number of carboxylic acids is 1. The highest BCUT2D eigenvalue weighted by molar-refractivity contribution is 5.96. The van der Waals surface area contributed by atoms with Gasteiger partial charge in [0, 0.05) is 0 Å². The molecular weight excluding hydrogens is 200 g/mol. The van der Waals surface area contributed by atoms with Gasteiger partial charge in [0.05, 0.1) is 18.2 Å². The summed E-state index contributed by atoms with van der Waals surface area (Å²) in [5, 5.41) is 8.82. The average molecular weight is 210 g/mol. The molecule has 0 aliphatic rings. The Morgan fingerprint density at radius 1 is 1.27 bits per heavy atom. The molecule has 0 aromatic heterocycles. The Morgan fingerprint density at radius 2 is 1.87 bits per heavy atom. The third-order valence-corrected chi connectivity index (χ3v) is 1.94. The Labute approximate surface area is 86.2 Å². The summed E-state index contributed by atoms with van der Waals surface area (Å²) in [5.74, 6) is -1.79. The fraction of sp³-hybridized carbons (Fsp3) is 0.200. The van der Waals surface area contributed by atoms with Crippen LogP contribution in [0.2, 0.25) is 0 Å². The smallest absolute Gasteiger partial charge is 0.373 e. The monoisotopic (exact) mass is 210 g/mol. The first-order chi connectivity index (χ1) is 7.07. The van der Waals surface area contributed by atoms with Crippen LogP contribution in [0.25, 0.3) is 0 Å². The molecule has 0 saturated heterocycles. The normalized spacial score (nSPS) is 9.73. The molecular formula is C10H10O5. The van der Waals surface area contributed by atoms with E-state index in [4.69, 9.17) is 5.11 Å². The van der Waals surface area contributed by atoms with Gasteiger partial charge in [-0.3, -0.25) is 4.89 Å². The molecule has 0 aliphatic carbocycles. The lowest BCUT2D eigenvalue weighted by molar-refractivity contribution is -0.216. The fourth-order valence-corrected chi connectivity index (χ4v) is 1.21. The second kappa shape index (κ2) is 4.56. The van der Waals surface area contributed by atoms with Gasteiger partial charge in [-0.15, -0.1) is 0 Å². The van der Waals surface area contributed by atoms with E-state index in [1.165, 1.54) is 32.2 Å². The molecule has 0 bridgehead atoms. The van der Waals surface area contributed by atoms with Crippen LogP contribution in [-0.4, -0.2) is 24.2 Å². The molecule has 0 spiro atoms. The van der Waals surface area contributed by atoms with Crippen LogP contribution >= 0.6 is 0 Å². The minimum atomic E-state index is -1.08. The summed E-state index contributed by atoms with van der Waals surface area (Å²) in [4.78, 5) is 30.6. The van der Waals surface area contributed by atoms with Gasteiger partial charge >= 0.3 is 11.9 Å². The number of hydrogen-bond acceptors (Lipinski definition) is 4. The Morgan fingerprint density at radius 3 is 2.40 bits per heavy atom. The van der Waals surface area contributed by atoms with Crippen molar-refractivity contribution in [1.82, 2.24) is 0 Å². The molecule has 0 saturated carbocycles. The number of rotatable bonds is 3. The van der Waals surface area contributed by atoms with Crippen LogP contribution in [0.4, 0.5) is 0 Å². The second-order valence-corrected chi connectivity index (χ2v) is 2.82. The minimum absolute atomic E-state index is 0.0700. The molecule has 1 N–H and O–H groups in total. The summed E-state index contributed by atoms with van der Waals surface area (Å²) in [6.07, 6.45) is 0. The van der Waals surface area contributed by atoms with E-state index in [2.05, 4.69) is 9.78 Å². The highest BCUT2D eigenvalue weighted by Gasteiger charge is 2.16. The van der Waals surface area contributed by atoms with Crippen LogP contribution in [0.1, 0.15) is 26.3 Å². The zero-order valence-corrected chi connectivity index (χ0v) is 8.31. The molecule has 5 heteroatoms. The van der Waals surface area contributed by atoms with Gasteiger partial charge in [0.2, 0.25) is 0 Å². The lowest BCUT2D eigenvalue weighted by atomic mass is 10.0. The molecule has 0 amide bonds. The Balaban J connectivity index is 3.15. The maximum atomic E-state index is 11.3. The van der Waals surface area contributed by atoms with Crippen molar-refractivity contribution in [3.8, 4) is 0 Å². The number of carbonyl (C=O) groups is 2. The van der Waals surface area contributed by atoms with Gasteiger partial charge in [-0.05, 0) is 24.6 Å². The van der Waals surface area contributed by atoms with Crippen LogP contribution in [0.3, 0.4) is 0 Å². The second-order valence-electron chi connectivity index (χ2n) is 2.82. The quantitative estimate of drug-likeness (QED) is 0.603. The Kier molecular flexibility index (Phi) is 3.41. The summed E-state index contributed by atoms with van der Waals surface area (Å²) in [6.45, 7) is 1.54. The van der Waals surface area contributed by atoms with E-state index < -0.39 is 11.9 Å². The third-order valence-electron chi connectivity index (χ3n) is 1.94. The summed E-state index contributed by atoms with van der Waals surface area (Å²) in [6, 6.07) is 4.37. The predicted molar refractivity (Wildman–Crippen MR) is 50.6 cm³/mol. The SMILES string of the molecule is COOC(=O)c1cccc(C(=O)O)c1C. The molecule has 0 radical (unpaired) electrons. The van der Waals surface area contributed by atoms with Crippen LogP contribution in [0, 0.1) is 6.92 Å². The van der Waals surface area contributed by atoms with Gasteiger partial charge in [0.1, 0.15) is 0 Å². The predicted octanol–water partition coefficient (Wildman–Crippen LogP) is 1.41. The van der Waals surface area contributed by atoms with E-state index in [0.717, 1.165) is 0 Å². The Bertz CT molecular complexity index is 397. The van der Waals surface area contributed by atoms with Crippen molar-refractivity contribution in [3.63, 3.8) is 0 Å². The third kappa shape index (κ3) is 2.32. The number of aromatic carboxylic acids is 1. The zero-order valence-electron chi connectivity index (χ0n) is 8.31. The lowest BCUT2D eigenvalue weighted by Crippen LogP contribution is -2.09. The van der Waals surface area contributed by atoms with Crippen molar-refractivity contribution in [2.45, 2.75) is 6.92 Å².